The Morgan fingerprint density at radius 2 is 2.00 bits per heavy atom. The van der Waals surface area contributed by atoms with Crippen LogP contribution in [0.3, 0.4) is 0 Å². The normalized spacial score (nSPS) is 13.9. The lowest BCUT2D eigenvalue weighted by Gasteiger charge is -2.20. The van der Waals surface area contributed by atoms with Gasteiger partial charge in [-0.2, -0.15) is 0 Å². The second-order valence-electron chi connectivity index (χ2n) is 7.81. The number of carbonyl (C=O) groups is 1. The number of anilines is 2. The molecule has 0 saturated heterocycles. The van der Waals surface area contributed by atoms with Gasteiger partial charge in [-0.3, -0.25) is 9.52 Å². The van der Waals surface area contributed by atoms with Gasteiger partial charge < -0.3 is 20.1 Å². The Bertz CT molecular complexity index is 1050. The molecule has 0 bridgehead atoms. The number of carbonyl (C=O) groups excluding carboxylic acids is 1. The fourth-order valence-electron chi connectivity index (χ4n) is 3.02. The molecule has 0 radical (unpaired) electrons. The van der Waals surface area contributed by atoms with Crippen LogP contribution in [0.4, 0.5) is 11.4 Å². The Morgan fingerprint density at radius 3 is 2.69 bits per heavy atom. The number of sulfonamides is 1. The van der Waals surface area contributed by atoms with E-state index in [-0.39, 0.29) is 29.2 Å². The van der Waals surface area contributed by atoms with Crippen molar-refractivity contribution in [3.63, 3.8) is 0 Å². The van der Waals surface area contributed by atoms with Crippen molar-refractivity contribution >= 4 is 39.9 Å². The minimum absolute atomic E-state index is 0.0742. The third-order valence-corrected chi connectivity index (χ3v) is 5.67. The van der Waals surface area contributed by atoms with E-state index in [4.69, 9.17) is 15.1 Å². The van der Waals surface area contributed by atoms with Crippen LogP contribution in [0.15, 0.2) is 41.3 Å². The summed E-state index contributed by atoms with van der Waals surface area (Å²) in [5.74, 6) is -0.558. The van der Waals surface area contributed by atoms with E-state index in [1.54, 1.807) is 32.9 Å². The van der Waals surface area contributed by atoms with Crippen LogP contribution in [0.2, 0.25) is 0 Å². The standard InChI is InChI=1S/C19H23BN2O6S/c1-19(2,3)28-18(23)9-13-8-14(21)5-7-17(13)29(25,26)22-15-6-4-12-11-27-20(24)16(12)10-15/h4-8,10,22,24H,9,11,21H2,1-3H3. The summed E-state index contributed by atoms with van der Waals surface area (Å²) in [6.07, 6.45) is -0.241. The number of hydrogen-bond donors (Lipinski definition) is 3. The predicted octanol–water partition coefficient (Wildman–Crippen LogP) is 1.17. The van der Waals surface area contributed by atoms with E-state index in [0.717, 1.165) is 5.56 Å². The number of esters is 1. The Kier molecular flexibility index (Phi) is 5.62. The highest BCUT2D eigenvalue weighted by Crippen LogP contribution is 2.24. The third-order valence-electron chi connectivity index (χ3n) is 4.19. The summed E-state index contributed by atoms with van der Waals surface area (Å²) in [7, 11) is -5.11. The lowest BCUT2D eigenvalue weighted by atomic mass is 9.79. The van der Waals surface area contributed by atoms with Crippen LogP contribution in [0.5, 0.6) is 0 Å². The molecule has 0 spiro atoms. The zero-order valence-corrected chi connectivity index (χ0v) is 17.2. The number of nitrogens with one attached hydrogen (secondary N) is 1. The van der Waals surface area contributed by atoms with Crippen molar-refractivity contribution in [1.29, 1.82) is 0 Å². The highest BCUT2D eigenvalue weighted by atomic mass is 32.2. The van der Waals surface area contributed by atoms with Crippen LogP contribution in [0.25, 0.3) is 0 Å². The van der Waals surface area contributed by atoms with Crippen molar-refractivity contribution in [2.45, 2.75) is 44.3 Å². The molecule has 1 aliphatic rings. The first-order valence-corrected chi connectivity index (χ1v) is 10.5. The highest BCUT2D eigenvalue weighted by Gasteiger charge is 2.28. The quantitative estimate of drug-likeness (QED) is 0.378. The summed E-state index contributed by atoms with van der Waals surface area (Å²) >= 11 is 0. The van der Waals surface area contributed by atoms with E-state index in [0.29, 0.717) is 11.2 Å². The van der Waals surface area contributed by atoms with E-state index >= 15 is 0 Å². The van der Waals surface area contributed by atoms with Gasteiger partial charge in [0.2, 0.25) is 0 Å². The predicted molar refractivity (Wildman–Crippen MR) is 110 cm³/mol. The van der Waals surface area contributed by atoms with Crippen LogP contribution in [0.1, 0.15) is 31.9 Å². The molecule has 2 aromatic carbocycles. The molecular weight excluding hydrogens is 395 g/mol. The molecule has 10 heteroatoms. The Labute approximate surface area is 170 Å². The van der Waals surface area contributed by atoms with Gasteiger partial charge in [0.25, 0.3) is 10.0 Å². The number of nitrogens with two attached hydrogens (primary N) is 1. The van der Waals surface area contributed by atoms with E-state index in [1.807, 2.05) is 0 Å². The van der Waals surface area contributed by atoms with Crippen molar-refractivity contribution in [1.82, 2.24) is 0 Å². The first kappa shape index (κ1) is 21.2. The first-order valence-electron chi connectivity index (χ1n) is 9.00. The Morgan fingerprint density at radius 1 is 1.28 bits per heavy atom. The molecule has 0 amide bonds. The van der Waals surface area contributed by atoms with Crippen molar-refractivity contribution < 1.29 is 27.6 Å². The molecule has 29 heavy (non-hydrogen) atoms. The van der Waals surface area contributed by atoms with Gasteiger partial charge in [0.1, 0.15) is 5.60 Å². The van der Waals surface area contributed by atoms with Gasteiger partial charge >= 0.3 is 13.1 Å². The van der Waals surface area contributed by atoms with Gasteiger partial charge in [-0.25, -0.2) is 8.42 Å². The number of hydrogen-bond acceptors (Lipinski definition) is 7. The minimum atomic E-state index is -4.02. The van der Waals surface area contributed by atoms with Gasteiger partial charge in [-0.15, -0.1) is 0 Å². The number of fused-ring (bicyclic) bond motifs is 1. The maximum atomic E-state index is 13.0. The van der Waals surface area contributed by atoms with E-state index in [9.17, 15) is 18.2 Å². The molecule has 0 fully saturated rings. The maximum absolute atomic E-state index is 13.0. The summed E-state index contributed by atoms with van der Waals surface area (Å²) in [5.41, 5.74) is 7.24. The Hall–Kier alpha value is -2.56. The van der Waals surface area contributed by atoms with Crippen LogP contribution >= 0.6 is 0 Å². The monoisotopic (exact) mass is 418 g/mol. The maximum Gasteiger partial charge on any atom is 0.491 e. The van der Waals surface area contributed by atoms with Crippen molar-refractivity contribution in [3.8, 4) is 0 Å². The fourth-order valence-corrected chi connectivity index (χ4v) is 4.29. The van der Waals surface area contributed by atoms with Crippen molar-refractivity contribution in [2.24, 2.45) is 0 Å². The van der Waals surface area contributed by atoms with Gasteiger partial charge in [0, 0.05) is 11.4 Å². The van der Waals surface area contributed by atoms with E-state index in [1.165, 1.54) is 24.3 Å². The second-order valence-corrected chi connectivity index (χ2v) is 9.46. The van der Waals surface area contributed by atoms with E-state index < -0.39 is 28.7 Å². The molecule has 4 N–H and O–H groups in total. The van der Waals surface area contributed by atoms with Crippen LogP contribution in [0, 0.1) is 0 Å². The van der Waals surface area contributed by atoms with Crippen molar-refractivity contribution in [3.05, 3.63) is 47.5 Å². The van der Waals surface area contributed by atoms with Crippen molar-refractivity contribution in [2.75, 3.05) is 10.5 Å². The molecule has 0 aliphatic carbocycles. The molecule has 0 atom stereocenters. The molecule has 2 aromatic rings. The van der Waals surface area contributed by atoms with Gasteiger partial charge in [-0.1, -0.05) is 6.07 Å². The molecule has 154 valence electrons. The smallest absolute Gasteiger partial charge is 0.460 e. The molecule has 3 rings (SSSR count). The molecule has 1 aliphatic heterocycles. The molecular formula is C19H23BN2O6S. The lowest BCUT2D eigenvalue weighted by molar-refractivity contribution is -0.153. The minimum Gasteiger partial charge on any atom is -0.460 e. The largest absolute Gasteiger partial charge is 0.491 e. The van der Waals surface area contributed by atoms with Crippen LogP contribution < -0.4 is 15.9 Å². The zero-order valence-electron chi connectivity index (χ0n) is 16.4. The summed E-state index contributed by atoms with van der Waals surface area (Å²) in [4.78, 5) is 12.1. The van der Waals surface area contributed by atoms with Crippen LogP contribution in [-0.4, -0.2) is 32.1 Å². The molecule has 0 aromatic heterocycles. The molecule has 0 saturated carbocycles. The third kappa shape index (κ3) is 5.09. The van der Waals surface area contributed by atoms with Crippen LogP contribution in [-0.2, 0) is 37.2 Å². The second kappa shape index (κ2) is 7.70. The summed E-state index contributed by atoms with van der Waals surface area (Å²) < 4.78 is 38.9. The Balaban J connectivity index is 1.89. The summed E-state index contributed by atoms with van der Waals surface area (Å²) in [6, 6.07) is 9.04. The zero-order chi connectivity index (χ0) is 21.4. The number of benzene rings is 2. The SMILES string of the molecule is CC(C)(C)OC(=O)Cc1cc(N)ccc1S(=O)(=O)Nc1ccc2c(c1)B(O)OC2. The fraction of sp³-hybridized carbons (Fsp3) is 0.316. The first-order chi connectivity index (χ1) is 13.4. The number of nitrogen functional groups attached to an aromatic ring is 1. The molecule has 0 unspecified atom stereocenters. The van der Waals surface area contributed by atoms with E-state index in [2.05, 4.69) is 4.72 Å². The van der Waals surface area contributed by atoms with Gasteiger partial charge in [0.15, 0.2) is 0 Å². The molecule has 1 heterocycles. The summed E-state index contributed by atoms with van der Waals surface area (Å²) in [6.45, 7) is 5.46. The number of rotatable bonds is 5. The highest BCUT2D eigenvalue weighted by molar-refractivity contribution is 7.92. The average molecular weight is 418 g/mol. The van der Waals surface area contributed by atoms with Gasteiger partial charge in [0.05, 0.1) is 17.9 Å². The number of ether oxygens (including phenoxy) is 1. The topological polar surface area (TPSA) is 128 Å². The average Bonchev–Trinajstić information content (AvgIpc) is 2.93. The van der Waals surface area contributed by atoms with Gasteiger partial charge in [-0.05, 0) is 67.7 Å². The lowest BCUT2D eigenvalue weighted by Crippen LogP contribution is -2.28. The molecule has 8 nitrogen and oxygen atoms in total. The summed E-state index contributed by atoms with van der Waals surface area (Å²) in [5, 5.41) is 9.82.